The Bertz CT molecular complexity index is 789. The summed E-state index contributed by atoms with van der Waals surface area (Å²) in [6.45, 7) is 6.16. The maximum absolute atomic E-state index is 12.8. The molecule has 6 heteroatoms. The highest BCUT2D eigenvalue weighted by Crippen LogP contribution is 2.26. The number of aromatic nitrogens is 2. The van der Waals surface area contributed by atoms with Gasteiger partial charge in [-0.15, -0.1) is 0 Å². The molecule has 0 saturated heterocycles. The average molecular weight is 354 g/mol. The van der Waals surface area contributed by atoms with Gasteiger partial charge in [-0.1, -0.05) is 12.1 Å². The Balaban J connectivity index is 1.77. The molecule has 0 N–H and O–H groups in total. The van der Waals surface area contributed by atoms with Crippen LogP contribution in [0.25, 0.3) is 0 Å². The number of rotatable bonds is 5. The number of anilines is 1. The number of hydrogen-bond donors (Lipinski definition) is 0. The van der Waals surface area contributed by atoms with Crippen LogP contribution in [-0.4, -0.2) is 48.0 Å². The summed E-state index contributed by atoms with van der Waals surface area (Å²) in [5, 5.41) is 0. The van der Waals surface area contributed by atoms with Crippen LogP contribution < -0.4 is 9.64 Å². The van der Waals surface area contributed by atoms with Crippen molar-refractivity contribution in [3.05, 3.63) is 46.9 Å². The Morgan fingerprint density at radius 1 is 1.27 bits per heavy atom. The van der Waals surface area contributed by atoms with Crippen LogP contribution >= 0.6 is 0 Å². The maximum Gasteiger partial charge on any atom is 0.227 e. The fourth-order valence-electron chi connectivity index (χ4n) is 3.23. The number of benzene rings is 1. The molecule has 1 aromatic heterocycles. The Kier molecular flexibility index (Phi) is 5.40. The molecule has 2 aromatic rings. The number of carbonyl (C=O) groups excluding carboxylic acids is 1. The van der Waals surface area contributed by atoms with Gasteiger partial charge in [0.25, 0.3) is 0 Å². The van der Waals surface area contributed by atoms with Gasteiger partial charge in [0.15, 0.2) is 0 Å². The predicted octanol–water partition coefficient (Wildman–Crippen LogP) is 2.38. The van der Waals surface area contributed by atoms with Gasteiger partial charge in [0.1, 0.15) is 17.4 Å². The molecule has 3 rings (SSSR count). The van der Waals surface area contributed by atoms with Gasteiger partial charge >= 0.3 is 0 Å². The summed E-state index contributed by atoms with van der Waals surface area (Å²) in [7, 11) is 3.67. The van der Waals surface area contributed by atoms with Crippen LogP contribution in [0, 0.1) is 6.92 Å². The highest BCUT2D eigenvalue weighted by Gasteiger charge is 2.26. The minimum Gasteiger partial charge on any atom is -0.497 e. The van der Waals surface area contributed by atoms with Crippen molar-refractivity contribution in [2.75, 3.05) is 32.1 Å². The highest BCUT2D eigenvalue weighted by atomic mass is 16.5. The molecule has 138 valence electrons. The minimum absolute atomic E-state index is 0.131. The first-order chi connectivity index (χ1) is 12.5. The third-order valence-electron chi connectivity index (χ3n) is 4.85. The summed E-state index contributed by atoms with van der Waals surface area (Å²) in [5.41, 5.74) is 3.14. The molecular weight excluding hydrogens is 328 g/mol. The summed E-state index contributed by atoms with van der Waals surface area (Å²) in [6, 6.07) is 7.66. The number of ether oxygens (including phenoxy) is 1. The second-order valence-electron chi connectivity index (χ2n) is 6.62. The largest absolute Gasteiger partial charge is 0.497 e. The maximum atomic E-state index is 12.8. The highest BCUT2D eigenvalue weighted by molar-refractivity contribution is 5.79. The van der Waals surface area contributed by atoms with E-state index in [0.29, 0.717) is 19.5 Å². The Morgan fingerprint density at radius 2 is 2.00 bits per heavy atom. The molecule has 0 fully saturated rings. The lowest BCUT2D eigenvalue weighted by molar-refractivity contribution is -0.131. The predicted molar refractivity (Wildman–Crippen MR) is 102 cm³/mol. The monoisotopic (exact) mass is 354 g/mol. The second kappa shape index (κ2) is 7.72. The smallest absolute Gasteiger partial charge is 0.227 e. The third-order valence-corrected chi connectivity index (χ3v) is 4.85. The molecule has 0 saturated carbocycles. The number of carbonyl (C=O) groups is 1. The average Bonchev–Trinajstić information content (AvgIpc) is 2.66. The SMILES string of the molecule is CCN(C)c1nc(C)nc2c1CN(C(=O)Cc1ccc(OC)cc1)CC2. The van der Waals surface area contributed by atoms with Gasteiger partial charge in [0, 0.05) is 32.1 Å². The van der Waals surface area contributed by atoms with Crippen molar-refractivity contribution >= 4 is 11.7 Å². The van der Waals surface area contributed by atoms with Crippen molar-refractivity contribution < 1.29 is 9.53 Å². The molecule has 1 amide bonds. The molecule has 0 unspecified atom stereocenters. The number of fused-ring (bicyclic) bond motifs is 1. The van der Waals surface area contributed by atoms with E-state index in [0.717, 1.165) is 47.2 Å². The molecule has 1 aliphatic rings. The van der Waals surface area contributed by atoms with E-state index in [-0.39, 0.29) is 5.91 Å². The van der Waals surface area contributed by atoms with Gasteiger partial charge in [-0.25, -0.2) is 9.97 Å². The first kappa shape index (κ1) is 18.2. The van der Waals surface area contributed by atoms with Gasteiger partial charge in [0.05, 0.1) is 25.8 Å². The number of amides is 1. The van der Waals surface area contributed by atoms with E-state index in [1.54, 1.807) is 7.11 Å². The number of aryl methyl sites for hydroxylation is 1. The van der Waals surface area contributed by atoms with Gasteiger partial charge in [0.2, 0.25) is 5.91 Å². The van der Waals surface area contributed by atoms with Gasteiger partial charge in [-0.05, 0) is 31.5 Å². The summed E-state index contributed by atoms with van der Waals surface area (Å²) < 4.78 is 5.17. The lowest BCUT2D eigenvalue weighted by atomic mass is 10.0. The van der Waals surface area contributed by atoms with Crippen LogP contribution in [0.1, 0.15) is 29.6 Å². The van der Waals surface area contributed by atoms with Crippen molar-refractivity contribution in [1.29, 1.82) is 0 Å². The van der Waals surface area contributed by atoms with E-state index in [1.165, 1.54) is 0 Å². The molecule has 6 nitrogen and oxygen atoms in total. The van der Waals surface area contributed by atoms with E-state index in [1.807, 2.05) is 43.1 Å². The molecule has 0 aliphatic carbocycles. The summed E-state index contributed by atoms with van der Waals surface area (Å²) in [6.07, 6.45) is 1.17. The molecule has 26 heavy (non-hydrogen) atoms. The van der Waals surface area contributed by atoms with E-state index >= 15 is 0 Å². The van der Waals surface area contributed by atoms with Crippen LogP contribution in [0.15, 0.2) is 24.3 Å². The zero-order chi connectivity index (χ0) is 18.7. The molecule has 0 spiro atoms. The minimum atomic E-state index is 0.131. The lowest BCUT2D eigenvalue weighted by Gasteiger charge is -2.31. The summed E-state index contributed by atoms with van der Waals surface area (Å²) >= 11 is 0. The van der Waals surface area contributed by atoms with Gasteiger partial charge in [-0.2, -0.15) is 0 Å². The van der Waals surface area contributed by atoms with Crippen LogP contribution in [-0.2, 0) is 24.2 Å². The zero-order valence-electron chi connectivity index (χ0n) is 16.0. The topological polar surface area (TPSA) is 58.6 Å². The quantitative estimate of drug-likeness (QED) is 0.825. The van der Waals surface area contributed by atoms with Gasteiger partial charge in [-0.3, -0.25) is 4.79 Å². The third kappa shape index (κ3) is 3.79. The Labute approximate surface area is 154 Å². The Morgan fingerprint density at radius 3 is 2.65 bits per heavy atom. The standard InChI is InChI=1S/C20H26N4O2/c1-5-23(3)20-17-13-24(11-10-18(17)21-14(2)22-20)19(25)12-15-6-8-16(26-4)9-7-15/h6-9H,5,10-13H2,1-4H3. The normalized spacial score (nSPS) is 13.3. The lowest BCUT2D eigenvalue weighted by Crippen LogP contribution is -2.38. The number of methoxy groups -OCH3 is 1. The van der Waals surface area contributed by atoms with E-state index in [2.05, 4.69) is 21.8 Å². The van der Waals surface area contributed by atoms with E-state index in [9.17, 15) is 4.79 Å². The van der Waals surface area contributed by atoms with Crippen LogP contribution in [0.4, 0.5) is 5.82 Å². The van der Waals surface area contributed by atoms with Crippen LogP contribution in [0.3, 0.4) is 0 Å². The number of nitrogens with zero attached hydrogens (tertiary/aromatic N) is 4. The molecule has 1 aromatic carbocycles. The molecular formula is C20H26N4O2. The fourth-order valence-corrected chi connectivity index (χ4v) is 3.23. The first-order valence-electron chi connectivity index (χ1n) is 9.00. The van der Waals surface area contributed by atoms with Crippen molar-refractivity contribution in [2.45, 2.75) is 33.2 Å². The number of hydrogen-bond acceptors (Lipinski definition) is 5. The zero-order valence-corrected chi connectivity index (χ0v) is 16.0. The van der Waals surface area contributed by atoms with Crippen molar-refractivity contribution in [1.82, 2.24) is 14.9 Å². The molecule has 0 atom stereocenters. The van der Waals surface area contributed by atoms with E-state index in [4.69, 9.17) is 4.74 Å². The first-order valence-corrected chi connectivity index (χ1v) is 9.00. The second-order valence-corrected chi connectivity index (χ2v) is 6.62. The van der Waals surface area contributed by atoms with Crippen LogP contribution in [0.5, 0.6) is 5.75 Å². The van der Waals surface area contributed by atoms with Crippen molar-refractivity contribution in [3.8, 4) is 5.75 Å². The van der Waals surface area contributed by atoms with Crippen molar-refractivity contribution in [3.63, 3.8) is 0 Å². The van der Waals surface area contributed by atoms with E-state index < -0.39 is 0 Å². The molecule has 0 bridgehead atoms. The van der Waals surface area contributed by atoms with Crippen LogP contribution in [0.2, 0.25) is 0 Å². The fraction of sp³-hybridized carbons (Fsp3) is 0.450. The van der Waals surface area contributed by atoms with Crippen molar-refractivity contribution in [2.24, 2.45) is 0 Å². The summed E-state index contributed by atoms with van der Waals surface area (Å²) in [5.74, 6) is 2.66. The summed E-state index contributed by atoms with van der Waals surface area (Å²) in [4.78, 5) is 26.0. The van der Waals surface area contributed by atoms with Gasteiger partial charge < -0.3 is 14.5 Å². The molecule has 1 aliphatic heterocycles. The molecule has 0 radical (unpaired) electrons. The Hall–Kier alpha value is -2.63. The molecule has 2 heterocycles.